The van der Waals surface area contributed by atoms with Crippen molar-refractivity contribution in [1.29, 1.82) is 0 Å². The fraction of sp³-hybridized carbons (Fsp3) is 0.571. The summed E-state index contributed by atoms with van der Waals surface area (Å²) in [5, 5.41) is 1.26. The van der Waals surface area contributed by atoms with Gasteiger partial charge >= 0.3 is 0 Å². The van der Waals surface area contributed by atoms with Gasteiger partial charge in [-0.3, -0.25) is 0 Å². The Hall–Kier alpha value is -1.70. The van der Waals surface area contributed by atoms with Crippen LogP contribution >= 0.6 is 0 Å². The molecule has 2 heteroatoms. The Balaban J connectivity index is 1.40. The quantitative estimate of drug-likeness (QED) is 0.418. The van der Waals surface area contributed by atoms with Crippen LogP contribution in [0.25, 0.3) is 10.8 Å². The van der Waals surface area contributed by atoms with E-state index in [-0.39, 0.29) is 5.92 Å². The summed E-state index contributed by atoms with van der Waals surface area (Å²) in [4.78, 5) is 0. The van der Waals surface area contributed by atoms with Crippen molar-refractivity contribution in [2.45, 2.75) is 83.5 Å². The van der Waals surface area contributed by atoms with Crippen LogP contribution in [0, 0.1) is 29.4 Å². The molecule has 0 heterocycles. The van der Waals surface area contributed by atoms with Gasteiger partial charge in [-0.15, -0.1) is 6.58 Å². The highest BCUT2D eigenvalue weighted by Crippen LogP contribution is 2.45. The smallest absolute Gasteiger partial charge is 0.166 e. The second-order valence-corrected chi connectivity index (χ2v) is 9.76. The molecule has 0 aliphatic heterocycles. The van der Waals surface area contributed by atoms with Crippen LogP contribution in [0.2, 0.25) is 0 Å². The van der Waals surface area contributed by atoms with Crippen molar-refractivity contribution in [3.63, 3.8) is 0 Å². The van der Waals surface area contributed by atoms with E-state index in [4.69, 9.17) is 0 Å². The number of allylic oxidation sites excluding steroid dienone is 1. The van der Waals surface area contributed by atoms with Gasteiger partial charge in [-0.05, 0) is 110 Å². The van der Waals surface area contributed by atoms with Crippen LogP contribution in [0.1, 0.15) is 88.2 Å². The van der Waals surface area contributed by atoms with Crippen molar-refractivity contribution >= 4 is 10.8 Å². The van der Waals surface area contributed by atoms with Crippen LogP contribution in [0.15, 0.2) is 36.9 Å². The average Bonchev–Trinajstić information content (AvgIpc) is 2.80. The minimum Gasteiger partial charge on any atom is -0.203 e. The molecule has 0 spiro atoms. The second kappa shape index (κ2) is 9.62. The maximum absolute atomic E-state index is 15.0. The second-order valence-electron chi connectivity index (χ2n) is 9.76. The summed E-state index contributed by atoms with van der Waals surface area (Å²) in [6, 6.07) is 7.71. The number of rotatable bonds is 6. The van der Waals surface area contributed by atoms with Gasteiger partial charge in [-0.1, -0.05) is 38.0 Å². The summed E-state index contributed by atoms with van der Waals surface area (Å²) in [6.45, 7) is 5.89. The lowest BCUT2D eigenvalue weighted by molar-refractivity contribution is 0.156. The number of halogens is 2. The first kappa shape index (κ1) is 21.5. The summed E-state index contributed by atoms with van der Waals surface area (Å²) < 4.78 is 29.8. The molecule has 4 rings (SSSR count). The summed E-state index contributed by atoms with van der Waals surface area (Å²) in [5.41, 5.74) is 1.66. The monoisotopic (exact) mass is 410 g/mol. The van der Waals surface area contributed by atoms with E-state index in [0.29, 0.717) is 10.9 Å². The van der Waals surface area contributed by atoms with Gasteiger partial charge in [0.25, 0.3) is 0 Å². The summed E-state index contributed by atoms with van der Waals surface area (Å²) in [5.74, 6) is 1.41. The van der Waals surface area contributed by atoms with Crippen molar-refractivity contribution in [1.82, 2.24) is 0 Å². The molecular formula is C28H36F2. The van der Waals surface area contributed by atoms with E-state index in [2.05, 4.69) is 6.58 Å². The number of hydrogen-bond donors (Lipinski definition) is 0. The van der Waals surface area contributed by atoms with Gasteiger partial charge < -0.3 is 0 Å². The average molecular weight is 411 g/mol. The molecule has 2 fully saturated rings. The fourth-order valence-corrected chi connectivity index (χ4v) is 6.12. The van der Waals surface area contributed by atoms with Crippen LogP contribution in [-0.2, 0) is 6.42 Å². The lowest BCUT2D eigenvalue weighted by atomic mass is 9.68. The van der Waals surface area contributed by atoms with Crippen LogP contribution in [0.3, 0.4) is 0 Å². The molecule has 2 aliphatic carbocycles. The number of fused-ring (bicyclic) bond motifs is 1. The molecule has 0 bridgehead atoms. The third-order valence-corrected chi connectivity index (χ3v) is 8.07. The fourth-order valence-electron chi connectivity index (χ4n) is 6.12. The van der Waals surface area contributed by atoms with Crippen LogP contribution in [0.4, 0.5) is 8.78 Å². The Kier molecular flexibility index (Phi) is 6.91. The maximum Gasteiger partial charge on any atom is 0.166 e. The van der Waals surface area contributed by atoms with Gasteiger partial charge in [0.15, 0.2) is 11.6 Å². The summed E-state index contributed by atoms with van der Waals surface area (Å²) in [7, 11) is 0. The topological polar surface area (TPSA) is 0 Å². The normalized spacial score (nSPS) is 27.3. The van der Waals surface area contributed by atoms with Crippen molar-refractivity contribution < 1.29 is 8.78 Å². The van der Waals surface area contributed by atoms with Gasteiger partial charge in [0.1, 0.15) is 0 Å². The van der Waals surface area contributed by atoms with Crippen molar-refractivity contribution in [2.75, 3.05) is 0 Å². The Bertz CT molecular complexity index is 868. The van der Waals surface area contributed by atoms with E-state index in [1.807, 2.05) is 31.2 Å². The largest absolute Gasteiger partial charge is 0.203 e. The van der Waals surface area contributed by atoms with E-state index >= 15 is 0 Å². The molecule has 0 nitrogen and oxygen atoms in total. The van der Waals surface area contributed by atoms with Crippen LogP contribution in [-0.4, -0.2) is 0 Å². The Morgan fingerprint density at radius 1 is 0.900 bits per heavy atom. The van der Waals surface area contributed by atoms with Gasteiger partial charge in [0.2, 0.25) is 0 Å². The van der Waals surface area contributed by atoms with E-state index in [1.165, 1.54) is 44.9 Å². The zero-order valence-electron chi connectivity index (χ0n) is 18.4. The first-order chi connectivity index (χ1) is 14.6. The first-order valence-electron chi connectivity index (χ1n) is 12.1. The standard InChI is InChI=1S/C28H36F2/c1-3-5-6-20-8-10-21(11-9-20)22-13-15-23(16-14-22)26-18-24-12-7-19(4-2)17-25(24)27(29)28(26)30/h3,7,12,17-18,20-23H,1,4-6,8-11,13-16H2,2H3. The lowest BCUT2D eigenvalue weighted by Crippen LogP contribution is -2.25. The third-order valence-electron chi connectivity index (χ3n) is 8.07. The molecule has 2 aromatic carbocycles. The van der Waals surface area contributed by atoms with Crippen molar-refractivity contribution in [3.8, 4) is 0 Å². The highest BCUT2D eigenvalue weighted by molar-refractivity contribution is 5.85. The Morgan fingerprint density at radius 3 is 2.20 bits per heavy atom. The van der Waals surface area contributed by atoms with Crippen LogP contribution in [0.5, 0.6) is 0 Å². The number of aryl methyl sites for hydroxylation is 1. The SMILES string of the molecule is C=CCCC1CCC(C2CCC(c3cc4ccc(CC)cc4c(F)c3F)CC2)CC1. The molecule has 0 N–H and O–H groups in total. The Morgan fingerprint density at radius 2 is 1.57 bits per heavy atom. The molecule has 2 aliphatic rings. The van der Waals surface area contributed by atoms with Gasteiger partial charge in [-0.2, -0.15) is 0 Å². The maximum atomic E-state index is 15.0. The molecule has 2 aromatic rings. The van der Waals surface area contributed by atoms with E-state index in [9.17, 15) is 8.78 Å². The minimum absolute atomic E-state index is 0.162. The molecular weight excluding hydrogens is 374 g/mol. The third kappa shape index (κ3) is 4.48. The molecule has 0 amide bonds. The van der Waals surface area contributed by atoms with E-state index in [1.54, 1.807) is 6.07 Å². The highest BCUT2D eigenvalue weighted by Gasteiger charge is 2.32. The molecule has 0 unspecified atom stereocenters. The molecule has 0 atom stereocenters. The molecule has 162 valence electrons. The van der Waals surface area contributed by atoms with Gasteiger partial charge in [0, 0.05) is 5.39 Å². The highest BCUT2D eigenvalue weighted by atomic mass is 19.2. The Labute approximate surface area is 180 Å². The molecule has 0 radical (unpaired) electrons. The minimum atomic E-state index is -0.655. The predicted molar refractivity (Wildman–Crippen MR) is 123 cm³/mol. The predicted octanol–water partition coefficient (Wildman–Crippen LogP) is 8.73. The van der Waals surface area contributed by atoms with E-state index < -0.39 is 11.6 Å². The van der Waals surface area contributed by atoms with E-state index in [0.717, 1.165) is 54.4 Å². The van der Waals surface area contributed by atoms with Gasteiger partial charge in [0.05, 0.1) is 0 Å². The summed E-state index contributed by atoms with van der Waals surface area (Å²) in [6.07, 6.45) is 15.1. The van der Waals surface area contributed by atoms with Crippen LogP contribution < -0.4 is 0 Å². The zero-order valence-corrected chi connectivity index (χ0v) is 18.4. The molecule has 30 heavy (non-hydrogen) atoms. The van der Waals surface area contributed by atoms with Gasteiger partial charge in [-0.25, -0.2) is 8.78 Å². The number of hydrogen-bond acceptors (Lipinski definition) is 0. The zero-order chi connectivity index (χ0) is 21.1. The molecule has 0 saturated heterocycles. The van der Waals surface area contributed by atoms with Crippen molar-refractivity contribution in [3.05, 3.63) is 59.7 Å². The summed E-state index contributed by atoms with van der Waals surface area (Å²) >= 11 is 0. The molecule has 2 saturated carbocycles. The van der Waals surface area contributed by atoms with Crippen molar-refractivity contribution in [2.24, 2.45) is 17.8 Å². The first-order valence-corrected chi connectivity index (χ1v) is 12.1. The molecule has 0 aromatic heterocycles. The number of benzene rings is 2. The lowest BCUT2D eigenvalue weighted by Gasteiger charge is -2.38.